The lowest BCUT2D eigenvalue weighted by Gasteiger charge is -2.36. The van der Waals surface area contributed by atoms with Crippen molar-refractivity contribution in [3.8, 4) is 11.5 Å². The van der Waals surface area contributed by atoms with Crippen LogP contribution in [-0.2, 0) is 9.53 Å². The summed E-state index contributed by atoms with van der Waals surface area (Å²) < 4.78 is 17.2. The molecule has 6 nitrogen and oxygen atoms in total. The van der Waals surface area contributed by atoms with E-state index >= 15 is 0 Å². The van der Waals surface area contributed by atoms with Crippen LogP contribution in [-0.4, -0.2) is 47.9 Å². The highest BCUT2D eigenvalue weighted by atomic mass is 16.7. The third-order valence-corrected chi connectivity index (χ3v) is 5.95. The first-order chi connectivity index (χ1) is 14.6. The fraction of sp³-hybridized carbons (Fsp3) is 0.375. The highest BCUT2D eigenvalue weighted by molar-refractivity contribution is 5.86. The van der Waals surface area contributed by atoms with Gasteiger partial charge in [0, 0.05) is 48.1 Å². The van der Waals surface area contributed by atoms with Gasteiger partial charge in [-0.25, -0.2) is 0 Å². The Labute approximate surface area is 175 Å². The second kappa shape index (κ2) is 7.69. The lowest BCUT2D eigenvalue weighted by atomic mass is 9.87. The van der Waals surface area contributed by atoms with Gasteiger partial charge in [-0.15, -0.1) is 0 Å². The highest BCUT2D eigenvalue weighted by Crippen LogP contribution is 2.44. The summed E-state index contributed by atoms with van der Waals surface area (Å²) in [6.45, 7) is 5.48. The molecule has 2 aliphatic rings. The number of H-pyrrole nitrogens is 1. The van der Waals surface area contributed by atoms with E-state index in [1.54, 1.807) is 0 Å². The summed E-state index contributed by atoms with van der Waals surface area (Å²) in [7, 11) is 0. The average molecular weight is 406 g/mol. The topological polar surface area (TPSA) is 63.8 Å². The van der Waals surface area contributed by atoms with Gasteiger partial charge in [-0.1, -0.05) is 30.3 Å². The van der Waals surface area contributed by atoms with Gasteiger partial charge in [0.25, 0.3) is 0 Å². The number of carbonyl (C=O) groups excluding carboxylic acids is 1. The predicted octanol–water partition coefficient (Wildman–Crippen LogP) is 4.05. The van der Waals surface area contributed by atoms with Crippen LogP contribution < -0.4 is 9.47 Å². The number of nitrogens with one attached hydrogen (secondary N) is 1. The van der Waals surface area contributed by atoms with Crippen LogP contribution in [0.25, 0.3) is 10.9 Å². The minimum absolute atomic E-state index is 0.0435. The second-order valence-electron chi connectivity index (χ2n) is 8.18. The van der Waals surface area contributed by atoms with E-state index in [9.17, 15) is 4.79 Å². The van der Waals surface area contributed by atoms with Crippen LogP contribution in [0.1, 0.15) is 37.3 Å². The number of nitrogens with zero attached hydrogens (tertiary/aromatic N) is 1. The molecule has 0 unspecified atom stereocenters. The number of amides is 1. The first kappa shape index (κ1) is 19.0. The van der Waals surface area contributed by atoms with Gasteiger partial charge in [0.1, 0.15) is 0 Å². The first-order valence-electron chi connectivity index (χ1n) is 10.5. The first-order valence-corrected chi connectivity index (χ1v) is 10.5. The third-order valence-electron chi connectivity index (χ3n) is 5.95. The number of hydrogen-bond acceptors (Lipinski definition) is 4. The molecule has 1 N–H and O–H groups in total. The quantitative estimate of drug-likeness (QED) is 0.710. The number of hydrogen-bond donors (Lipinski definition) is 1. The molecule has 0 spiro atoms. The van der Waals surface area contributed by atoms with E-state index in [0.29, 0.717) is 19.5 Å². The number of rotatable bonds is 4. The molecule has 1 amide bonds. The number of aromatic nitrogens is 1. The van der Waals surface area contributed by atoms with Crippen molar-refractivity contribution in [1.29, 1.82) is 0 Å². The second-order valence-corrected chi connectivity index (χ2v) is 8.18. The van der Waals surface area contributed by atoms with Gasteiger partial charge in [-0.05, 0) is 31.5 Å². The van der Waals surface area contributed by atoms with Gasteiger partial charge in [-0.2, -0.15) is 0 Å². The lowest BCUT2D eigenvalue weighted by Crippen LogP contribution is -2.48. The summed E-state index contributed by atoms with van der Waals surface area (Å²) in [5.74, 6) is 1.46. The Morgan fingerprint density at radius 3 is 2.70 bits per heavy atom. The maximum Gasteiger partial charge on any atom is 0.231 e. The molecule has 3 heterocycles. The van der Waals surface area contributed by atoms with E-state index in [0.717, 1.165) is 33.5 Å². The Kier molecular flexibility index (Phi) is 4.87. The predicted molar refractivity (Wildman–Crippen MR) is 114 cm³/mol. The van der Waals surface area contributed by atoms with Crippen LogP contribution in [0.4, 0.5) is 0 Å². The monoisotopic (exact) mass is 406 g/mol. The Bertz CT molecular complexity index is 1070. The molecule has 2 aliphatic heterocycles. The Morgan fingerprint density at radius 2 is 1.87 bits per heavy atom. The number of para-hydroxylation sites is 2. The number of morpholine rings is 1. The van der Waals surface area contributed by atoms with E-state index < -0.39 is 0 Å². The number of ether oxygens (including phenoxy) is 3. The average Bonchev–Trinajstić information content (AvgIpc) is 3.38. The standard InChI is InChI=1S/C24H26N2O4/c1-15-12-26(13-16(2)30-15)23(27)10-19(18-7-5-9-22-24(18)29-14-28-22)20-11-25-21-8-4-3-6-17(20)21/h3-9,11,15-16,19,25H,10,12-14H2,1-2H3/t15-,16-,19-/m0/s1. The zero-order valence-corrected chi connectivity index (χ0v) is 17.3. The fourth-order valence-corrected chi connectivity index (χ4v) is 4.68. The largest absolute Gasteiger partial charge is 0.454 e. The van der Waals surface area contributed by atoms with Crippen LogP contribution in [0.3, 0.4) is 0 Å². The fourth-order valence-electron chi connectivity index (χ4n) is 4.68. The van der Waals surface area contributed by atoms with Crippen molar-refractivity contribution < 1.29 is 19.0 Å². The summed E-state index contributed by atoms with van der Waals surface area (Å²) in [6, 6.07) is 14.1. The van der Waals surface area contributed by atoms with E-state index in [1.165, 1.54) is 0 Å². The summed E-state index contributed by atoms with van der Waals surface area (Å²) in [5, 5.41) is 1.12. The van der Waals surface area contributed by atoms with Gasteiger partial charge < -0.3 is 24.1 Å². The number of benzene rings is 2. The van der Waals surface area contributed by atoms with E-state index in [1.807, 2.05) is 55.3 Å². The molecule has 0 aliphatic carbocycles. The Morgan fingerprint density at radius 1 is 1.07 bits per heavy atom. The van der Waals surface area contributed by atoms with Gasteiger partial charge in [0.2, 0.25) is 12.7 Å². The lowest BCUT2D eigenvalue weighted by molar-refractivity contribution is -0.143. The number of carbonyl (C=O) groups is 1. The molecule has 1 aromatic heterocycles. The van der Waals surface area contributed by atoms with Crippen molar-refractivity contribution in [2.45, 2.75) is 38.4 Å². The molecular formula is C24H26N2O4. The van der Waals surface area contributed by atoms with Crippen molar-refractivity contribution in [2.24, 2.45) is 0 Å². The molecule has 30 heavy (non-hydrogen) atoms. The van der Waals surface area contributed by atoms with Crippen LogP contribution in [0, 0.1) is 0 Å². The van der Waals surface area contributed by atoms with Gasteiger partial charge in [-0.3, -0.25) is 4.79 Å². The highest BCUT2D eigenvalue weighted by Gasteiger charge is 2.32. The van der Waals surface area contributed by atoms with Crippen molar-refractivity contribution in [1.82, 2.24) is 9.88 Å². The van der Waals surface area contributed by atoms with Crippen molar-refractivity contribution in [2.75, 3.05) is 19.9 Å². The SMILES string of the molecule is C[C@H]1CN(C(=O)C[C@@H](c2cccc3c2OCO3)c2c[nH]c3ccccc23)C[C@H](C)O1. The maximum atomic E-state index is 13.4. The molecule has 1 fully saturated rings. The van der Waals surface area contributed by atoms with E-state index in [4.69, 9.17) is 14.2 Å². The van der Waals surface area contributed by atoms with Gasteiger partial charge >= 0.3 is 0 Å². The molecular weight excluding hydrogens is 380 g/mol. The molecule has 3 atom stereocenters. The van der Waals surface area contributed by atoms with Crippen LogP contribution in [0.5, 0.6) is 11.5 Å². The zero-order valence-electron chi connectivity index (χ0n) is 17.3. The molecule has 3 aromatic rings. The summed E-state index contributed by atoms with van der Waals surface area (Å²) in [5.41, 5.74) is 3.14. The molecule has 1 saturated heterocycles. The normalized spacial score (nSPS) is 21.7. The van der Waals surface area contributed by atoms with E-state index in [2.05, 4.69) is 17.1 Å². The summed E-state index contributed by atoms with van der Waals surface area (Å²) in [4.78, 5) is 18.7. The van der Waals surface area contributed by atoms with Crippen molar-refractivity contribution >= 4 is 16.8 Å². The molecule has 156 valence electrons. The smallest absolute Gasteiger partial charge is 0.231 e. The Balaban J connectivity index is 1.54. The van der Waals surface area contributed by atoms with E-state index in [-0.39, 0.29) is 30.8 Å². The number of aromatic amines is 1. The molecule has 6 heteroatoms. The number of fused-ring (bicyclic) bond motifs is 2. The molecule has 5 rings (SSSR count). The minimum Gasteiger partial charge on any atom is -0.454 e. The summed E-state index contributed by atoms with van der Waals surface area (Å²) >= 11 is 0. The molecule has 0 radical (unpaired) electrons. The van der Waals surface area contributed by atoms with Crippen LogP contribution in [0.15, 0.2) is 48.7 Å². The van der Waals surface area contributed by atoms with Crippen LogP contribution >= 0.6 is 0 Å². The Hall–Kier alpha value is -2.99. The minimum atomic E-state index is -0.140. The molecule has 0 saturated carbocycles. The van der Waals surface area contributed by atoms with Crippen molar-refractivity contribution in [3.63, 3.8) is 0 Å². The van der Waals surface area contributed by atoms with Gasteiger partial charge in [0.05, 0.1) is 12.2 Å². The summed E-state index contributed by atoms with van der Waals surface area (Å²) in [6.07, 6.45) is 2.47. The molecule has 2 aromatic carbocycles. The third kappa shape index (κ3) is 3.41. The van der Waals surface area contributed by atoms with Crippen molar-refractivity contribution in [3.05, 3.63) is 59.8 Å². The maximum absolute atomic E-state index is 13.4. The molecule has 0 bridgehead atoms. The zero-order chi connectivity index (χ0) is 20.7. The van der Waals surface area contributed by atoms with Gasteiger partial charge in [0.15, 0.2) is 11.5 Å². The van der Waals surface area contributed by atoms with Crippen LogP contribution in [0.2, 0.25) is 0 Å².